The van der Waals surface area contributed by atoms with E-state index >= 15 is 0 Å². The van der Waals surface area contributed by atoms with E-state index < -0.39 is 0 Å². The topological polar surface area (TPSA) is 26.1 Å². The number of hydrogen-bond donors (Lipinski definition) is 0. The molecule has 0 aliphatic rings. The smallest absolute Gasteiger partial charge is 0.216 e. The van der Waals surface area contributed by atoms with Crippen LogP contribution in [0.5, 0.6) is 0 Å². The van der Waals surface area contributed by atoms with Crippen LogP contribution in [0.2, 0.25) is 5.02 Å². The third-order valence-electron chi connectivity index (χ3n) is 2.22. The van der Waals surface area contributed by atoms with Crippen molar-refractivity contribution < 1.29 is 9.13 Å². The molecule has 2 rings (SSSR count). The van der Waals surface area contributed by atoms with E-state index in [1.54, 1.807) is 24.3 Å². The Morgan fingerprint density at radius 2 is 1.59 bits per heavy atom. The van der Waals surface area contributed by atoms with Crippen LogP contribution in [-0.4, -0.2) is 11.0 Å². The molecule has 0 saturated carbocycles. The Bertz CT molecular complexity index is 534. The highest BCUT2D eigenvalue weighted by Gasteiger charge is 2.01. The molecule has 0 amide bonds. The standard InChI is InChI=1S/C13H9ClFNO/c14-11-3-1-10(2-4-11)9-16(17)13-7-5-12(15)6-8-13/h1-9H. The fourth-order valence-corrected chi connectivity index (χ4v) is 1.47. The van der Waals surface area contributed by atoms with Crippen LogP contribution < -0.4 is 0 Å². The van der Waals surface area contributed by atoms with Crippen molar-refractivity contribution in [2.45, 2.75) is 0 Å². The number of nitrogens with zero attached hydrogens (tertiary/aromatic N) is 1. The van der Waals surface area contributed by atoms with Crippen molar-refractivity contribution in [3.05, 3.63) is 70.1 Å². The average molecular weight is 250 g/mol. The normalized spacial score (nSPS) is 11.5. The molecule has 17 heavy (non-hydrogen) atoms. The lowest BCUT2D eigenvalue weighted by Gasteiger charge is -2.02. The van der Waals surface area contributed by atoms with E-state index in [0.29, 0.717) is 15.4 Å². The molecule has 0 bridgehead atoms. The molecule has 0 radical (unpaired) electrons. The summed E-state index contributed by atoms with van der Waals surface area (Å²) in [6.07, 6.45) is 1.41. The van der Waals surface area contributed by atoms with Gasteiger partial charge in [-0.3, -0.25) is 0 Å². The minimum absolute atomic E-state index is 0.367. The van der Waals surface area contributed by atoms with Gasteiger partial charge in [-0.05, 0) is 36.4 Å². The molecule has 0 atom stereocenters. The van der Waals surface area contributed by atoms with E-state index in [9.17, 15) is 9.60 Å². The average Bonchev–Trinajstić information content (AvgIpc) is 2.33. The zero-order chi connectivity index (χ0) is 12.3. The predicted molar refractivity (Wildman–Crippen MR) is 66.3 cm³/mol. The summed E-state index contributed by atoms with van der Waals surface area (Å²) in [5.41, 5.74) is 1.11. The quantitative estimate of drug-likeness (QED) is 0.345. The molecular weight excluding hydrogens is 241 g/mol. The van der Waals surface area contributed by atoms with E-state index in [-0.39, 0.29) is 5.82 Å². The Balaban J connectivity index is 2.27. The first-order valence-corrected chi connectivity index (χ1v) is 5.35. The largest absolute Gasteiger partial charge is 0.618 e. The van der Waals surface area contributed by atoms with Crippen LogP contribution in [0.4, 0.5) is 10.1 Å². The van der Waals surface area contributed by atoms with Gasteiger partial charge in [0.05, 0.1) is 0 Å². The van der Waals surface area contributed by atoms with Crippen LogP contribution in [0.1, 0.15) is 5.56 Å². The Morgan fingerprint density at radius 3 is 2.18 bits per heavy atom. The van der Waals surface area contributed by atoms with Crippen LogP contribution in [0.15, 0.2) is 48.5 Å². The highest BCUT2D eigenvalue weighted by Crippen LogP contribution is 2.12. The molecule has 2 aromatic carbocycles. The second-order valence-corrected chi connectivity index (χ2v) is 3.92. The molecular formula is C13H9ClFNO. The maximum atomic E-state index is 12.7. The van der Waals surface area contributed by atoms with Gasteiger partial charge in [0.2, 0.25) is 5.69 Å². The SMILES string of the molecule is [O-][N+](=Cc1ccc(Cl)cc1)c1ccc(F)cc1. The fourth-order valence-electron chi connectivity index (χ4n) is 1.35. The molecule has 0 saturated heterocycles. The zero-order valence-electron chi connectivity index (χ0n) is 8.81. The van der Waals surface area contributed by atoms with Crippen LogP contribution in [0.3, 0.4) is 0 Å². The lowest BCUT2D eigenvalue weighted by atomic mass is 10.2. The Hall–Kier alpha value is -1.87. The van der Waals surface area contributed by atoms with Crippen LogP contribution in [0.25, 0.3) is 0 Å². The summed E-state index contributed by atoms with van der Waals surface area (Å²) in [6.45, 7) is 0. The zero-order valence-corrected chi connectivity index (χ0v) is 9.56. The molecule has 4 heteroatoms. The van der Waals surface area contributed by atoms with Gasteiger partial charge in [0.25, 0.3) is 0 Å². The number of halogens is 2. The summed E-state index contributed by atoms with van der Waals surface area (Å²) in [4.78, 5) is 0. The number of rotatable bonds is 2. The first kappa shape index (κ1) is 11.6. The molecule has 0 aromatic heterocycles. The molecule has 86 valence electrons. The van der Waals surface area contributed by atoms with Gasteiger partial charge in [-0.1, -0.05) is 11.6 Å². The van der Waals surface area contributed by atoms with E-state index in [1.165, 1.54) is 30.5 Å². The van der Waals surface area contributed by atoms with Gasteiger partial charge in [-0.25, -0.2) is 4.39 Å². The molecule has 2 aromatic rings. The van der Waals surface area contributed by atoms with Crippen molar-refractivity contribution in [1.82, 2.24) is 0 Å². The molecule has 2 nitrogen and oxygen atoms in total. The van der Waals surface area contributed by atoms with Gasteiger partial charge in [0, 0.05) is 22.7 Å². The number of benzene rings is 2. The monoisotopic (exact) mass is 249 g/mol. The summed E-state index contributed by atoms with van der Waals surface area (Å²) < 4.78 is 13.4. The maximum Gasteiger partial charge on any atom is 0.216 e. The second-order valence-electron chi connectivity index (χ2n) is 3.48. The van der Waals surface area contributed by atoms with E-state index in [4.69, 9.17) is 11.6 Å². The van der Waals surface area contributed by atoms with Crippen molar-refractivity contribution in [2.75, 3.05) is 0 Å². The van der Waals surface area contributed by atoms with E-state index in [0.717, 1.165) is 5.56 Å². The molecule has 0 fully saturated rings. The van der Waals surface area contributed by atoms with E-state index in [1.807, 2.05) is 0 Å². The Kier molecular flexibility index (Phi) is 3.40. The lowest BCUT2D eigenvalue weighted by Crippen LogP contribution is -1.98. The van der Waals surface area contributed by atoms with Crippen molar-refractivity contribution >= 4 is 23.5 Å². The predicted octanol–water partition coefficient (Wildman–Crippen LogP) is 3.74. The molecule has 0 spiro atoms. The van der Waals surface area contributed by atoms with Gasteiger partial charge in [0.1, 0.15) is 5.82 Å². The second kappa shape index (κ2) is 4.97. The van der Waals surface area contributed by atoms with Gasteiger partial charge in [0.15, 0.2) is 6.21 Å². The Morgan fingerprint density at radius 1 is 1.00 bits per heavy atom. The highest BCUT2D eigenvalue weighted by molar-refractivity contribution is 6.30. The van der Waals surface area contributed by atoms with Gasteiger partial charge in [-0.15, -0.1) is 0 Å². The summed E-state index contributed by atoms with van der Waals surface area (Å²) >= 11 is 5.74. The molecule has 0 unspecified atom stereocenters. The Labute approximate surface area is 103 Å². The fraction of sp³-hybridized carbons (Fsp3) is 0. The minimum atomic E-state index is -0.367. The summed E-state index contributed by atoms with van der Waals surface area (Å²) in [6, 6.07) is 12.2. The molecule has 0 aliphatic heterocycles. The first-order chi connectivity index (χ1) is 8.15. The third-order valence-corrected chi connectivity index (χ3v) is 2.47. The van der Waals surface area contributed by atoms with Crippen molar-refractivity contribution in [2.24, 2.45) is 0 Å². The van der Waals surface area contributed by atoms with Crippen molar-refractivity contribution in [3.63, 3.8) is 0 Å². The summed E-state index contributed by atoms with van der Waals surface area (Å²) in [5, 5.41) is 12.3. The van der Waals surface area contributed by atoms with Gasteiger partial charge in [-0.2, -0.15) is 4.74 Å². The van der Waals surface area contributed by atoms with Crippen LogP contribution in [-0.2, 0) is 0 Å². The van der Waals surface area contributed by atoms with Gasteiger partial charge < -0.3 is 5.21 Å². The van der Waals surface area contributed by atoms with Crippen molar-refractivity contribution in [1.29, 1.82) is 0 Å². The molecule has 0 aliphatic carbocycles. The maximum absolute atomic E-state index is 12.7. The summed E-state index contributed by atoms with van der Waals surface area (Å²) in [5.74, 6) is -0.367. The first-order valence-electron chi connectivity index (χ1n) is 4.97. The third kappa shape index (κ3) is 3.04. The molecule has 0 heterocycles. The summed E-state index contributed by atoms with van der Waals surface area (Å²) in [7, 11) is 0. The van der Waals surface area contributed by atoms with E-state index in [2.05, 4.69) is 0 Å². The minimum Gasteiger partial charge on any atom is -0.618 e. The molecule has 0 N–H and O–H groups in total. The van der Waals surface area contributed by atoms with Gasteiger partial charge >= 0.3 is 0 Å². The highest BCUT2D eigenvalue weighted by atomic mass is 35.5. The number of hydrogen-bond acceptors (Lipinski definition) is 1. The lowest BCUT2D eigenvalue weighted by molar-refractivity contribution is -0.354. The van der Waals surface area contributed by atoms with Crippen molar-refractivity contribution in [3.8, 4) is 0 Å². The van der Waals surface area contributed by atoms with Crippen LogP contribution in [0, 0.1) is 11.0 Å². The van der Waals surface area contributed by atoms with Crippen LogP contribution >= 0.6 is 11.6 Å².